The van der Waals surface area contributed by atoms with Crippen LogP contribution in [0.25, 0.3) is 0 Å². The number of ether oxygens (including phenoxy) is 2. The minimum Gasteiger partial charge on any atom is -0.394 e. The molecule has 7 nitrogen and oxygen atoms in total. The van der Waals surface area contributed by atoms with Crippen LogP contribution in [-0.2, 0) is 9.47 Å². The number of aryl methyl sites for hydroxylation is 1. The van der Waals surface area contributed by atoms with E-state index in [0.29, 0.717) is 12.2 Å². The molecule has 2 N–H and O–H groups in total. The van der Waals surface area contributed by atoms with Gasteiger partial charge in [-0.2, -0.15) is 0 Å². The van der Waals surface area contributed by atoms with Gasteiger partial charge in [0.25, 0.3) is 5.56 Å². The summed E-state index contributed by atoms with van der Waals surface area (Å²) < 4.78 is 12.8. The van der Waals surface area contributed by atoms with Crippen molar-refractivity contribution in [2.24, 2.45) is 0 Å². The largest absolute Gasteiger partial charge is 0.394 e. The Morgan fingerprint density at radius 1 is 1.52 bits per heavy atom. The molecule has 0 aromatic carbocycles. The first-order valence-corrected chi connectivity index (χ1v) is 8.08. The molecule has 0 amide bonds. The van der Waals surface area contributed by atoms with Gasteiger partial charge < -0.3 is 14.6 Å². The van der Waals surface area contributed by atoms with Crippen LogP contribution in [0.1, 0.15) is 25.1 Å². The van der Waals surface area contributed by atoms with Gasteiger partial charge in [-0.3, -0.25) is 14.3 Å². The molecule has 1 aromatic rings. The van der Waals surface area contributed by atoms with Gasteiger partial charge in [-0.05, 0) is 13.3 Å². The molecule has 0 aliphatic carbocycles. The number of aromatic amines is 1. The molecule has 1 aliphatic rings. The van der Waals surface area contributed by atoms with Crippen LogP contribution in [0, 0.1) is 6.92 Å². The van der Waals surface area contributed by atoms with Gasteiger partial charge in [0.2, 0.25) is 0 Å². The molecule has 0 bridgehead atoms. The molecule has 1 aromatic heterocycles. The first-order valence-electron chi connectivity index (χ1n) is 6.83. The van der Waals surface area contributed by atoms with E-state index in [9.17, 15) is 14.7 Å². The highest BCUT2D eigenvalue weighted by Crippen LogP contribution is 2.35. The van der Waals surface area contributed by atoms with Crippen molar-refractivity contribution in [3.8, 4) is 0 Å². The molecular weight excluding hydrogens is 391 g/mol. The Kier molecular flexibility index (Phi) is 5.58. The Morgan fingerprint density at radius 3 is 2.86 bits per heavy atom. The third kappa shape index (κ3) is 3.38. The molecule has 0 radical (unpaired) electrons. The minimum absolute atomic E-state index is 0.0803. The summed E-state index contributed by atoms with van der Waals surface area (Å²) in [6.45, 7) is 4.01. The van der Waals surface area contributed by atoms with E-state index in [1.807, 2.05) is 6.92 Å². The fraction of sp³-hybridized carbons (Fsp3) is 0.692. The van der Waals surface area contributed by atoms with E-state index < -0.39 is 23.6 Å². The second kappa shape index (κ2) is 7.03. The molecule has 2 rings (SSSR count). The van der Waals surface area contributed by atoms with Gasteiger partial charge in [-0.1, -0.05) is 29.5 Å². The van der Waals surface area contributed by atoms with Gasteiger partial charge >= 0.3 is 5.69 Å². The fourth-order valence-electron chi connectivity index (χ4n) is 2.27. The van der Waals surface area contributed by atoms with E-state index in [1.54, 1.807) is 6.92 Å². The Bertz CT molecular complexity index is 599. The van der Waals surface area contributed by atoms with Gasteiger partial charge in [0.15, 0.2) is 6.23 Å². The molecule has 0 unspecified atom stereocenters. The maximum atomic E-state index is 12.0. The summed E-state index contributed by atoms with van der Waals surface area (Å²) in [6, 6.07) is 0. The molecule has 8 heteroatoms. The van der Waals surface area contributed by atoms with Crippen molar-refractivity contribution in [1.82, 2.24) is 9.55 Å². The van der Waals surface area contributed by atoms with Crippen LogP contribution in [-0.4, -0.2) is 44.0 Å². The molecule has 1 aliphatic heterocycles. The number of aromatic nitrogens is 2. The van der Waals surface area contributed by atoms with Gasteiger partial charge in [0.1, 0.15) is 6.10 Å². The van der Waals surface area contributed by atoms with Gasteiger partial charge in [0.05, 0.1) is 16.6 Å². The zero-order valence-electron chi connectivity index (χ0n) is 11.9. The van der Waals surface area contributed by atoms with Gasteiger partial charge in [-0.25, -0.2) is 4.79 Å². The van der Waals surface area contributed by atoms with Crippen molar-refractivity contribution >= 4 is 22.6 Å². The van der Waals surface area contributed by atoms with Crippen LogP contribution >= 0.6 is 22.6 Å². The van der Waals surface area contributed by atoms with E-state index in [0.717, 1.165) is 6.42 Å². The number of H-pyrrole nitrogens is 1. The number of hydrogen-bond donors (Lipinski definition) is 2. The van der Waals surface area contributed by atoms with Crippen molar-refractivity contribution in [2.75, 3.05) is 13.2 Å². The van der Waals surface area contributed by atoms with Crippen LogP contribution in [0.2, 0.25) is 0 Å². The standard InChI is InChI=1S/C13H19IN2O5/c1-3-4-20-10-9(14)8(6-17)21-12(10)16-5-7(2)11(18)15-13(16)19/h5,8-10,12,17H,3-4,6H2,1-2H3,(H,15,18,19)/t8-,9-,10-,12-/m1/s1. The maximum absolute atomic E-state index is 12.0. The molecular formula is C13H19IN2O5. The summed E-state index contributed by atoms with van der Waals surface area (Å²) in [5, 5.41) is 9.38. The smallest absolute Gasteiger partial charge is 0.330 e. The summed E-state index contributed by atoms with van der Waals surface area (Å²) in [4.78, 5) is 25.7. The number of aliphatic hydroxyl groups excluding tert-OH is 1. The number of nitrogens with zero attached hydrogens (tertiary/aromatic N) is 1. The first-order chi connectivity index (χ1) is 9.99. The average Bonchev–Trinajstić information content (AvgIpc) is 2.77. The summed E-state index contributed by atoms with van der Waals surface area (Å²) in [5.41, 5.74) is -0.530. The second-order valence-electron chi connectivity index (χ2n) is 5.01. The SMILES string of the molecule is CCCO[C@@H]1[C@H](I)[C@@H](CO)O[C@H]1n1cc(C)c(=O)[nH]c1=O. The predicted octanol–water partition coefficient (Wildman–Crippen LogP) is 0.334. The van der Waals surface area contributed by atoms with E-state index in [2.05, 4.69) is 27.6 Å². The van der Waals surface area contributed by atoms with Gasteiger partial charge in [-0.15, -0.1) is 0 Å². The number of aliphatic hydroxyl groups is 1. The van der Waals surface area contributed by atoms with E-state index in [-0.39, 0.29) is 16.6 Å². The third-order valence-corrected chi connectivity index (χ3v) is 4.89. The summed E-state index contributed by atoms with van der Waals surface area (Å²) >= 11 is 2.17. The monoisotopic (exact) mass is 410 g/mol. The normalized spacial score (nSPS) is 29.0. The van der Waals surface area contributed by atoms with Crippen molar-refractivity contribution in [2.45, 2.75) is 42.6 Å². The minimum atomic E-state index is -0.654. The molecule has 1 saturated heterocycles. The number of alkyl halides is 1. The molecule has 21 heavy (non-hydrogen) atoms. The van der Waals surface area contributed by atoms with Crippen LogP contribution in [0.5, 0.6) is 0 Å². The molecule has 2 heterocycles. The van der Waals surface area contributed by atoms with Crippen molar-refractivity contribution in [3.05, 3.63) is 32.6 Å². The predicted molar refractivity (Wildman–Crippen MR) is 84.9 cm³/mol. The van der Waals surface area contributed by atoms with Crippen LogP contribution in [0.3, 0.4) is 0 Å². The molecule has 0 spiro atoms. The highest BCUT2D eigenvalue weighted by Gasteiger charge is 2.45. The lowest BCUT2D eigenvalue weighted by atomic mass is 10.2. The fourth-order valence-corrected chi connectivity index (χ4v) is 3.23. The molecule has 118 valence electrons. The lowest BCUT2D eigenvalue weighted by Gasteiger charge is -2.22. The van der Waals surface area contributed by atoms with Crippen molar-refractivity contribution in [1.29, 1.82) is 0 Å². The van der Waals surface area contributed by atoms with Crippen molar-refractivity contribution in [3.63, 3.8) is 0 Å². The van der Waals surface area contributed by atoms with Crippen LogP contribution in [0.15, 0.2) is 15.8 Å². The van der Waals surface area contributed by atoms with Crippen LogP contribution < -0.4 is 11.2 Å². The van der Waals surface area contributed by atoms with Crippen molar-refractivity contribution < 1.29 is 14.6 Å². The summed E-state index contributed by atoms with van der Waals surface area (Å²) in [7, 11) is 0. The Morgan fingerprint density at radius 2 is 2.24 bits per heavy atom. The molecule has 4 atom stereocenters. The van der Waals surface area contributed by atoms with E-state index in [1.165, 1.54) is 10.8 Å². The Balaban J connectivity index is 2.37. The zero-order chi connectivity index (χ0) is 15.6. The molecule has 0 saturated carbocycles. The summed E-state index contributed by atoms with van der Waals surface area (Å²) in [6.07, 6.45) is 0.897. The number of rotatable bonds is 5. The highest BCUT2D eigenvalue weighted by molar-refractivity contribution is 14.1. The van der Waals surface area contributed by atoms with E-state index in [4.69, 9.17) is 9.47 Å². The highest BCUT2D eigenvalue weighted by atomic mass is 127. The number of hydrogen-bond acceptors (Lipinski definition) is 5. The van der Waals surface area contributed by atoms with E-state index >= 15 is 0 Å². The Hall–Kier alpha value is -0.710. The average molecular weight is 410 g/mol. The molecule has 1 fully saturated rings. The first kappa shape index (κ1) is 16.7. The summed E-state index contributed by atoms with van der Waals surface area (Å²) in [5.74, 6) is 0. The van der Waals surface area contributed by atoms with Crippen LogP contribution in [0.4, 0.5) is 0 Å². The lowest BCUT2D eigenvalue weighted by molar-refractivity contribution is -0.0726. The number of nitrogens with one attached hydrogen (secondary N) is 1. The Labute approximate surface area is 135 Å². The number of halogens is 1. The topological polar surface area (TPSA) is 93.5 Å². The zero-order valence-corrected chi connectivity index (χ0v) is 14.1. The maximum Gasteiger partial charge on any atom is 0.330 e. The third-order valence-electron chi connectivity index (χ3n) is 3.38. The van der Waals surface area contributed by atoms with Gasteiger partial charge in [0, 0.05) is 18.4 Å². The second-order valence-corrected chi connectivity index (χ2v) is 6.44. The quantitative estimate of drug-likeness (QED) is 0.539. The lowest BCUT2D eigenvalue weighted by Crippen LogP contribution is -2.38.